The average Bonchev–Trinajstić information content (AvgIpc) is 3.15. The first-order valence-electron chi connectivity index (χ1n) is 9.15. The fourth-order valence-corrected chi connectivity index (χ4v) is 5.01. The van der Waals surface area contributed by atoms with Crippen LogP contribution in [0.25, 0.3) is 10.6 Å². The second kappa shape index (κ2) is 9.11. The molecule has 1 N–H and O–H groups in total. The molecule has 158 valence electrons. The maximum absolute atomic E-state index is 13.0. The summed E-state index contributed by atoms with van der Waals surface area (Å²) >= 11 is 7.14. The van der Waals surface area contributed by atoms with Crippen molar-refractivity contribution in [3.05, 3.63) is 59.1 Å². The van der Waals surface area contributed by atoms with Gasteiger partial charge in [-0.25, -0.2) is 8.42 Å². The third kappa shape index (κ3) is 5.16. The Balaban J connectivity index is 1.84. The van der Waals surface area contributed by atoms with Crippen LogP contribution in [0.15, 0.2) is 48.5 Å². The number of carbonyl (C=O) groups excluding carboxylic acids is 1. The lowest BCUT2D eigenvalue weighted by atomic mass is 10.2. The predicted molar refractivity (Wildman–Crippen MR) is 122 cm³/mol. The van der Waals surface area contributed by atoms with E-state index in [-0.39, 0.29) is 6.42 Å². The molecule has 1 atom stereocenters. The largest absolute Gasteiger partial charge is 0.299 e. The summed E-state index contributed by atoms with van der Waals surface area (Å²) < 4.78 is 26.1. The number of sulfonamides is 1. The van der Waals surface area contributed by atoms with E-state index in [1.54, 1.807) is 31.2 Å². The van der Waals surface area contributed by atoms with Crippen LogP contribution < -0.4 is 9.62 Å². The van der Waals surface area contributed by atoms with Gasteiger partial charge in [-0.2, -0.15) is 0 Å². The molecule has 0 radical (unpaired) electrons. The number of benzene rings is 2. The number of hydrogen-bond acceptors (Lipinski definition) is 6. The number of aryl methyl sites for hydroxylation is 1. The number of nitrogens with zero attached hydrogens (tertiary/aromatic N) is 3. The van der Waals surface area contributed by atoms with Crippen molar-refractivity contribution >= 4 is 49.7 Å². The van der Waals surface area contributed by atoms with E-state index in [2.05, 4.69) is 15.5 Å². The summed E-state index contributed by atoms with van der Waals surface area (Å²) in [6.45, 7) is 3.74. The summed E-state index contributed by atoms with van der Waals surface area (Å²) in [5.41, 5.74) is 2.39. The molecule has 0 saturated heterocycles. The number of aromatic nitrogens is 2. The zero-order valence-electron chi connectivity index (χ0n) is 16.7. The molecule has 7 nitrogen and oxygen atoms in total. The minimum atomic E-state index is -3.72. The number of anilines is 2. The van der Waals surface area contributed by atoms with Crippen LogP contribution in [-0.4, -0.2) is 36.8 Å². The molecule has 0 fully saturated rings. The van der Waals surface area contributed by atoms with Gasteiger partial charge in [-0.15, -0.1) is 10.2 Å². The van der Waals surface area contributed by atoms with Gasteiger partial charge in [0, 0.05) is 10.6 Å². The van der Waals surface area contributed by atoms with Crippen LogP contribution in [0.4, 0.5) is 10.8 Å². The lowest BCUT2D eigenvalue weighted by Crippen LogP contribution is -2.46. The van der Waals surface area contributed by atoms with E-state index in [0.717, 1.165) is 21.7 Å². The lowest BCUT2D eigenvalue weighted by Gasteiger charge is -2.29. The molecule has 0 bridgehead atoms. The van der Waals surface area contributed by atoms with Crippen molar-refractivity contribution in [3.8, 4) is 10.6 Å². The first-order valence-corrected chi connectivity index (χ1v) is 12.2. The van der Waals surface area contributed by atoms with Gasteiger partial charge in [-0.3, -0.25) is 14.4 Å². The third-order valence-corrected chi connectivity index (χ3v) is 6.68. The highest BCUT2D eigenvalue weighted by Gasteiger charge is 2.32. The topological polar surface area (TPSA) is 92.3 Å². The zero-order chi connectivity index (χ0) is 21.9. The molecule has 3 aromatic rings. The fourth-order valence-electron chi connectivity index (χ4n) is 2.92. The van der Waals surface area contributed by atoms with Gasteiger partial charge in [0.25, 0.3) is 0 Å². The molecule has 1 aromatic heterocycles. The highest BCUT2D eigenvalue weighted by atomic mass is 35.5. The summed E-state index contributed by atoms with van der Waals surface area (Å²) in [7, 11) is -3.72. The average molecular weight is 465 g/mol. The fraction of sp³-hybridized carbons (Fsp3) is 0.250. The van der Waals surface area contributed by atoms with Gasteiger partial charge in [-0.05, 0) is 37.6 Å². The third-order valence-electron chi connectivity index (χ3n) is 4.36. The standard InChI is InChI=1S/C20H21ClN4O3S2/c1-4-17(25(30(3,27)28)16-11-9-15(21)10-12-16)18(26)22-20-24-23-19(29-20)14-7-5-13(2)6-8-14/h5-12,17H,4H2,1-3H3,(H,22,24,26)/t17-/m1/s1. The molecule has 1 amide bonds. The van der Waals surface area contributed by atoms with Gasteiger partial charge in [0.15, 0.2) is 0 Å². The van der Waals surface area contributed by atoms with Crippen molar-refractivity contribution in [2.24, 2.45) is 0 Å². The Morgan fingerprint density at radius 2 is 1.77 bits per heavy atom. The van der Waals surface area contributed by atoms with E-state index in [1.807, 2.05) is 31.2 Å². The van der Waals surface area contributed by atoms with Crippen LogP contribution in [0.2, 0.25) is 5.02 Å². The Bertz CT molecular complexity index is 1130. The maximum Gasteiger partial charge on any atom is 0.250 e. The Kier molecular flexibility index (Phi) is 6.74. The Hall–Kier alpha value is -2.49. The minimum absolute atomic E-state index is 0.269. The number of halogens is 1. The molecule has 0 aliphatic rings. The quantitative estimate of drug-likeness (QED) is 0.561. The Morgan fingerprint density at radius 1 is 1.13 bits per heavy atom. The monoisotopic (exact) mass is 464 g/mol. The van der Waals surface area contributed by atoms with Crippen molar-refractivity contribution in [2.75, 3.05) is 15.9 Å². The SMILES string of the molecule is CC[C@H](C(=O)Nc1nnc(-c2ccc(C)cc2)s1)N(c1ccc(Cl)cc1)S(C)(=O)=O. The van der Waals surface area contributed by atoms with Gasteiger partial charge < -0.3 is 0 Å². The van der Waals surface area contributed by atoms with Crippen molar-refractivity contribution < 1.29 is 13.2 Å². The normalized spacial score (nSPS) is 12.4. The highest BCUT2D eigenvalue weighted by Crippen LogP contribution is 2.28. The van der Waals surface area contributed by atoms with Crippen LogP contribution >= 0.6 is 22.9 Å². The van der Waals surface area contributed by atoms with E-state index in [1.165, 1.54) is 11.3 Å². The molecule has 30 heavy (non-hydrogen) atoms. The van der Waals surface area contributed by atoms with Crippen LogP contribution in [0.1, 0.15) is 18.9 Å². The van der Waals surface area contributed by atoms with Crippen molar-refractivity contribution in [3.63, 3.8) is 0 Å². The minimum Gasteiger partial charge on any atom is -0.299 e. The summed E-state index contributed by atoms with van der Waals surface area (Å²) in [6, 6.07) is 13.2. The Labute approximate surface area is 184 Å². The molecule has 10 heteroatoms. The number of amides is 1. The van der Waals surface area contributed by atoms with E-state index >= 15 is 0 Å². The number of carbonyl (C=O) groups is 1. The molecule has 1 heterocycles. The molecule has 0 unspecified atom stereocenters. The van der Waals surface area contributed by atoms with E-state index < -0.39 is 22.0 Å². The van der Waals surface area contributed by atoms with E-state index in [9.17, 15) is 13.2 Å². The van der Waals surface area contributed by atoms with Crippen LogP contribution in [0, 0.1) is 6.92 Å². The van der Waals surface area contributed by atoms with Gasteiger partial charge in [0.05, 0.1) is 11.9 Å². The summed E-state index contributed by atoms with van der Waals surface area (Å²) in [5, 5.41) is 12.3. The van der Waals surface area contributed by atoms with Gasteiger partial charge >= 0.3 is 0 Å². The first-order chi connectivity index (χ1) is 14.2. The number of rotatable bonds is 7. The Morgan fingerprint density at radius 3 is 2.33 bits per heavy atom. The number of nitrogens with one attached hydrogen (secondary N) is 1. The molecule has 0 aliphatic heterocycles. The molecule has 3 rings (SSSR count). The summed E-state index contributed by atoms with van der Waals surface area (Å²) in [6.07, 6.45) is 1.34. The predicted octanol–water partition coefficient (Wildman–Crippen LogP) is 4.35. The van der Waals surface area contributed by atoms with Gasteiger partial charge in [-0.1, -0.05) is 59.7 Å². The molecule has 2 aromatic carbocycles. The molecule has 0 saturated carbocycles. The lowest BCUT2D eigenvalue weighted by molar-refractivity contribution is -0.117. The van der Waals surface area contributed by atoms with Crippen LogP contribution in [0.3, 0.4) is 0 Å². The molecular formula is C20H21ClN4O3S2. The van der Waals surface area contributed by atoms with Crippen molar-refractivity contribution in [1.82, 2.24) is 10.2 Å². The second-order valence-electron chi connectivity index (χ2n) is 6.73. The van der Waals surface area contributed by atoms with E-state index in [4.69, 9.17) is 11.6 Å². The second-order valence-corrected chi connectivity index (χ2v) is 10.0. The zero-order valence-corrected chi connectivity index (χ0v) is 19.1. The maximum atomic E-state index is 13.0. The van der Waals surface area contributed by atoms with Crippen LogP contribution in [0.5, 0.6) is 0 Å². The van der Waals surface area contributed by atoms with Crippen molar-refractivity contribution in [2.45, 2.75) is 26.3 Å². The number of hydrogen-bond donors (Lipinski definition) is 1. The van der Waals surface area contributed by atoms with E-state index in [0.29, 0.717) is 20.8 Å². The van der Waals surface area contributed by atoms with Crippen LogP contribution in [-0.2, 0) is 14.8 Å². The smallest absolute Gasteiger partial charge is 0.250 e. The first kappa shape index (κ1) is 22.2. The van der Waals surface area contributed by atoms with Gasteiger partial charge in [0.1, 0.15) is 11.0 Å². The molecule has 0 aliphatic carbocycles. The summed E-state index contributed by atoms with van der Waals surface area (Å²) in [5.74, 6) is -0.482. The van der Waals surface area contributed by atoms with Gasteiger partial charge in [0.2, 0.25) is 21.1 Å². The molecule has 0 spiro atoms. The highest BCUT2D eigenvalue weighted by molar-refractivity contribution is 7.92. The molecular weight excluding hydrogens is 444 g/mol. The summed E-state index contributed by atoms with van der Waals surface area (Å²) in [4.78, 5) is 13.0. The van der Waals surface area contributed by atoms with Crippen molar-refractivity contribution in [1.29, 1.82) is 0 Å².